The van der Waals surface area contributed by atoms with Crippen molar-refractivity contribution in [2.75, 3.05) is 24.0 Å². The van der Waals surface area contributed by atoms with E-state index in [4.69, 9.17) is 16.9 Å². The van der Waals surface area contributed by atoms with Crippen molar-refractivity contribution < 1.29 is 13.5 Å². The van der Waals surface area contributed by atoms with Gasteiger partial charge in [-0.05, 0) is 53.6 Å². The number of nitrogens with one attached hydrogen (secondary N) is 1. The number of alkyl halides is 2. The molecule has 0 aliphatic heterocycles. The van der Waals surface area contributed by atoms with Crippen LogP contribution in [0.5, 0.6) is 5.75 Å². The molecule has 0 spiro atoms. The Hall–Kier alpha value is -2.87. The van der Waals surface area contributed by atoms with Gasteiger partial charge in [-0.2, -0.15) is 20.5 Å². The van der Waals surface area contributed by atoms with Crippen molar-refractivity contribution in [1.29, 1.82) is 5.41 Å². The van der Waals surface area contributed by atoms with E-state index < -0.39 is 6.61 Å². The molecular formula is C22H26F2N4OS. The van der Waals surface area contributed by atoms with E-state index in [1.165, 1.54) is 12.3 Å². The number of nitrogens with zero attached hydrogens (tertiary/aromatic N) is 1. The Balaban J connectivity index is 0.00000101. The summed E-state index contributed by atoms with van der Waals surface area (Å²) in [7, 11) is 0. The summed E-state index contributed by atoms with van der Waals surface area (Å²) in [6.45, 7) is 1.05. The maximum absolute atomic E-state index is 12.6. The highest BCUT2D eigenvalue weighted by atomic mass is 32.2. The number of aromatic nitrogens is 1. The highest BCUT2D eigenvalue weighted by Gasteiger charge is 2.19. The molecule has 0 atom stereocenters. The van der Waals surface area contributed by atoms with Crippen LogP contribution in [0.25, 0.3) is 21.9 Å². The average molecular weight is 433 g/mol. The molecule has 0 saturated carbocycles. The summed E-state index contributed by atoms with van der Waals surface area (Å²) in [6.07, 6.45) is 5.25. The van der Waals surface area contributed by atoms with E-state index in [9.17, 15) is 8.78 Å². The normalized spacial score (nSPS) is 10.8. The van der Waals surface area contributed by atoms with Crippen LogP contribution in [0.2, 0.25) is 0 Å². The summed E-state index contributed by atoms with van der Waals surface area (Å²) in [5.41, 5.74) is 15.3. The van der Waals surface area contributed by atoms with Crippen molar-refractivity contribution in [3.63, 3.8) is 0 Å². The Bertz CT molecular complexity index is 1040. The molecule has 0 bridgehead atoms. The van der Waals surface area contributed by atoms with Crippen LogP contribution in [0.3, 0.4) is 0 Å². The molecule has 5 N–H and O–H groups in total. The third-order valence-corrected chi connectivity index (χ3v) is 4.32. The van der Waals surface area contributed by atoms with Gasteiger partial charge in [0.1, 0.15) is 11.6 Å². The van der Waals surface area contributed by atoms with Crippen LogP contribution in [0.4, 0.5) is 20.3 Å². The Kier molecular flexibility index (Phi) is 8.00. The number of anilines is 2. The number of halogens is 2. The number of hydrogen-bond acceptors (Lipinski definition) is 6. The largest absolute Gasteiger partial charge is 0.435 e. The van der Waals surface area contributed by atoms with Crippen LogP contribution in [0, 0.1) is 5.41 Å². The summed E-state index contributed by atoms with van der Waals surface area (Å²) in [4.78, 5) is 4.54. The summed E-state index contributed by atoms with van der Waals surface area (Å²) in [6, 6.07) is 9.93. The number of nitrogens with two attached hydrogens (primary N) is 2. The molecule has 30 heavy (non-hydrogen) atoms. The minimum Gasteiger partial charge on any atom is -0.435 e. The second-order valence-corrected chi connectivity index (χ2v) is 7.71. The fourth-order valence-electron chi connectivity index (χ4n) is 3.11. The molecular weight excluding hydrogens is 406 g/mol. The Morgan fingerprint density at radius 1 is 1.10 bits per heavy atom. The van der Waals surface area contributed by atoms with E-state index in [2.05, 4.69) is 9.72 Å². The number of pyridine rings is 1. The van der Waals surface area contributed by atoms with Gasteiger partial charge in [-0.15, -0.1) is 0 Å². The molecule has 8 heteroatoms. The van der Waals surface area contributed by atoms with Crippen LogP contribution in [0.15, 0.2) is 36.4 Å². The second-order valence-electron chi connectivity index (χ2n) is 6.90. The number of thioether (sulfide) groups is 1. The minimum atomic E-state index is -2.91. The predicted molar refractivity (Wildman–Crippen MR) is 124 cm³/mol. The van der Waals surface area contributed by atoms with Gasteiger partial charge in [0.25, 0.3) is 0 Å². The first-order chi connectivity index (χ1) is 14.2. The van der Waals surface area contributed by atoms with Crippen LogP contribution >= 0.6 is 11.8 Å². The summed E-state index contributed by atoms with van der Waals surface area (Å²) >= 11 is 1.75. The lowest BCUT2D eigenvalue weighted by molar-refractivity contribution is -0.0498. The van der Waals surface area contributed by atoms with Crippen LogP contribution < -0.4 is 16.2 Å². The van der Waals surface area contributed by atoms with E-state index in [0.29, 0.717) is 28.0 Å². The van der Waals surface area contributed by atoms with Gasteiger partial charge in [-0.25, -0.2) is 4.98 Å². The molecule has 0 aliphatic carbocycles. The molecule has 0 aliphatic rings. The quantitative estimate of drug-likeness (QED) is 0.351. The average Bonchev–Trinajstić information content (AvgIpc) is 2.68. The molecule has 0 amide bonds. The topological polar surface area (TPSA) is 98.0 Å². The molecule has 0 radical (unpaired) electrons. The standard InChI is InChI=1S/C20H20F2N4O.C2H6S/c1-10(2)18-17(11-4-3-5-13(6-11)27-20(21)22)14-7-12(9-23)16(24)8-15(14)19(25)26-18;1-3-2/h3-10,20,23H,24H2,1-2H3,(H2,25,26);1-2H3. The van der Waals surface area contributed by atoms with Crippen molar-refractivity contribution in [1.82, 2.24) is 4.98 Å². The third kappa shape index (κ3) is 5.18. The molecule has 160 valence electrons. The van der Waals surface area contributed by atoms with Gasteiger partial charge in [-0.1, -0.05) is 26.0 Å². The first-order valence-electron chi connectivity index (χ1n) is 9.21. The van der Waals surface area contributed by atoms with Crippen LogP contribution in [-0.2, 0) is 0 Å². The smallest absolute Gasteiger partial charge is 0.387 e. The molecule has 2 aromatic carbocycles. The van der Waals surface area contributed by atoms with Gasteiger partial charge in [0, 0.05) is 28.4 Å². The van der Waals surface area contributed by atoms with Gasteiger partial charge in [0.05, 0.1) is 5.69 Å². The molecule has 5 nitrogen and oxygen atoms in total. The monoisotopic (exact) mass is 432 g/mol. The maximum atomic E-state index is 12.6. The van der Waals surface area contributed by atoms with Crippen molar-refractivity contribution in [3.05, 3.63) is 47.7 Å². The lowest BCUT2D eigenvalue weighted by Gasteiger charge is -2.18. The lowest BCUT2D eigenvalue weighted by atomic mass is 9.91. The predicted octanol–water partition coefficient (Wildman–Crippen LogP) is 5.77. The Labute approximate surface area is 179 Å². The molecule has 0 unspecified atom stereocenters. The van der Waals surface area contributed by atoms with Crippen LogP contribution in [-0.4, -0.2) is 30.3 Å². The van der Waals surface area contributed by atoms with Gasteiger partial charge < -0.3 is 21.6 Å². The van der Waals surface area contributed by atoms with E-state index >= 15 is 0 Å². The number of hydrogen-bond donors (Lipinski definition) is 3. The molecule has 0 fully saturated rings. The molecule has 1 aromatic heterocycles. The SMILES string of the molecule is CC(C)c1nc(N)c2cc(N)c(C=N)cc2c1-c1cccc(OC(F)F)c1.CSC. The van der Waals surface area contributed by atoms with Crippen molar-refractivity contribution in [3.8, 4) is 16.9 Å². The van der Waals surface area contributed by atoms with Crippen molar-refractivity contribution in [2.45, 2.75) is 26.4 Å². The Morgan fingerprint density at radius 3 is 2.33 bits per heavy atom. The van der Waals surface area contributed by atoms with Crippen molar-refractivity contribution >= 4 is 40.3 Å². The molecule has 3 aromatic rings. The highest BCUT2D eigenvalue weighted by Crippen LogP contribution is 2.39. The summed E-state index contributed by atoms with van der Waals surface area (Å²) < 4.78 is 29.8. The molecule has 0 saturated heterocycles. The fraction of sp³-hybridized carbons (Fsp3) is 0.273. The summed E-state index contributed by atoms with van der Waals surface area (Å²) in [5, 5.41) is 8.99. The number of ether oxygens (including phenoxy) is 1. The number of nitrogen functional groups attached to an aromatic ring is 2. The first kappa shape index (κ1) is 23.4. The highest BCUT2D eigenvalue weighted by molar-refractivity contribution is 7.97. The molecule has 3 rings (SSSR count). The lowest BCUT2D eigenvalue weighted by Crippen LogP contribution is -2.05. The van der Waals surface area contributed by atoms with E-state index in [1.54, 1.807) is 42.1 Å². The van der Waals surface area contributed by atoms with Gasteiger partial charge in [-0.3, -0.25) is 0 Å². The van der Waals surface area contributed by atoms with Crippen molar-refractivity contribution in [2.24, 2.45) is 0 Å². The summed E-state index contributed by atoms with van der Waals surface area (Å²) in [5.74, 6) is 0.429. The molecule has 1 heterocycles. The zero-order valence-electron chi connectivity index (χ0n) is 17.4. The number of rotatable bonds is 5. The van der Waals surface area contributed by atoms with Crippen LogP contribution in [0.1, 0.15) is 31.0 Å². The second kappa shape index (κ2) is 10.2. The van der Waals surface area contributed by atoms with E-state index in [1.807, 2.05) is 26.4 Å². The fourth-order valence-corrected chi connectivity index (χ4v) is 3.11. The van der Waals surface area contributed by atoms with Gasteiger partial charge >= 0.3 is 6.61 Å². The van der Waals surface area contributed by atoms with Gasteiger partial charge in [0.15, 0.2) is 0 Å². The first-order valence-corrected chi connectivity index (χ1v) is 10.8. The number of fused-ring (bicyclic) bond motifs is 1. The van der Waals surface area contributed by atoms with E-state index in [-0.39, 0.29) is 11.7 Å². The maximum Gasteiger partial charge on any atom is 0.387 e. The van der Waals surface area contributed by atoms with Gasteiger partial charge in [0.2, 0.25) is 0 Å². The number of benzene rings is 2. The Morgan fingerprint density at radius 2 is 1.77 bits per heavy atom. The van der Waals surface area contributed by atoms with E-state index in [0.717, 1.165) is 16.6 Å². The minimum absolute atomic E-state index is 0.0346. The third-order valence-electron chi connectivity index (χ3n) is 4.32. The zero-order chi connectivity index (χ0) is 22.4. The zero-order valence-corrected chi connectivity index (χ0v) is 18.2.